The van der Waals surface area contributed by atoms with Crippen LogP contribution in [0, 0.1) is 11.3 Å². The summed E-state index contributed by atoms with van der Waals surface area (Å²) in [4.78, 5) is 26.7. The second kappa shape index (κ2) is 6.03. The normalized spacial score (nSPS) is 9.71. The highest BCUT2D eigenvalue weighted by Gasteiger charge is 2.12. The minimum absolute atomic E-state index is 0.0806. The highest BCUT2D eigenvalue weighted by Crippen LogP contribution is 2.21. The molecule has 0 spiro atoms. The number of nitrogens with zero attached hydrogens (tertiary/aromatic N) is 2. The number of aromatic carboxylic acids is 1. The third-order valence-corrected chi connectivity index (χ3v) is 2.91. The lowest BCUT2D eigenvalue weighted by atomic mass is 10.2. The Morgan fingerprint density at radius 2 is 2.05 bits per heavy atom. The quantitative estimate of drug-likeness (QED) is 0.906. The van der Waals surface area contributed by atoms with Crippen LogP contribution in [0.25, 0.3) is 0 Å². The topological polar surface area (TPSA) is 103 Å². The summed E-state index contributed by atoms with van der Waals surface area (Å²) in [6.07, 6.45) is 1.28. The van der Waals surface area contributed by atoms with E-state index in [1.54, 1.807) is 0 Å². The molecular formula is C14H8ClN3O3. The summed E-state index contributed by atoms with van der Waals surface area (Å²) in [5.41, 5.74) is 0.627. The predicted molar refractivity (Wildman–Crippen MR) is 75.3 cm³/mol. The van der Waals surface area contributed by atoms with Gasteiger partial charge < -0.3 is 10.4 Å². The van der Waals surface area contributed by atoms with Gasteiger partial charge in [-0.25, -0.2) is 9.78 Å². The van der Waals surface area contributed by atoms with Crippen molar-refractivity contribution in [1.29, 1.82) is 5.26 Å². The van der Waals surface area contributed by atoms with Crippen LogP contribution in [0.2, 0.25) is 5.02 Å². The molecule has 0 atom stereocenters. The summed E-state index contributed by atoms with van der Waals surface area (Å²) >= 11 is 5.74. The van der Waals surface area contributed by atoms with Crippen LogP contribution in [-0.2, 0) is 0 Å². The van der Waals surface area contributed by atoms with E-state index in [9.17, 15) is 9.59 Å². The van der Waals surface area contributed by atoms with Crippen molar-refractivity contribution in [3.63, 3.8) is 0 Å². The molecule has 0 saturated carbocycles. The average Bonchev–Trinajstić information content (AvgIpc) is 2.49. The van der Waals surface area contributed by atoms with Crippen molar-refractivity contribution in [1.82, 2.24) is 4.98 Å². The monoisotopic (exact) mass is 301 g/mol. The third-order valence-electron chi connectivity index (χ3n) is 2.58. The highest BCUT2D eigenvalue weighted by molar-refractivity contribution is 6.33. The van der Waals surface area contributed by atoms with Gasteiger partial charge in [-0.15, -0.1) is 0 Å². The van der Waals surface area contributed by atoms with E-state index in [-0.39, 0.29) is 22.0 Å². The Morgan fingerprint density at radius 1 is 1.29 bits per heavy atom. The number of hydrogen-bond donors (Lipinski definition) is 2. The van der Waals surface area contributed by atoms with Crippen LogP contribution in [0.4, 0.5) is 5.69 Å². The number of halogens is 1. The Hall–Kier alpha value is -2.91. The van der Waals surface area contributed by atoms with Gasteiger partial charge >= 0.3 is 5.97 Å². The molecule has 0 unspecified atom stereocenters. The molecule has 7 heteroatoms. The Bertz CT molecular complexity index is 751. The van der Waals surface area contributed by atoms with Crippen LogP contribution in [0.3, 0.4) is 0 Å². The fraction of sp³-hybridized carbons (Fsp3) is 0. The smallest absolute Gasteiger partial charge is 0.337 e. The molecule has 0 saturated heterocycles. The fourth-order valence-electron chi connectivity index (χ4n) is 1.56. The van der Waals surface area contributed by atoms with Gasteiger partial charge in [0, 0.05) is 11.9 Å². The first kappa shape index (κ1) is 14.5. The number of carboxylic acids is 1. The number of nitriles is 1. The Labute approximate surface area is 124 Å². The van der Waals surface area contributed by atoms with Crippen LogP contribution in [0.5, 0.6) is 0 Å². The molecule has 1 aromatic carbocycles. The van der Waals surface area contributed by atoms with Crippen molar-refractivity contribution in [3.8, 4) is 6.07 Å². The number of nitrogens with one attached hydrogen (secondary N) is 1. The molecule has 0 aliphatic rings. The molecule has 6 nitrogen and oxygen atoms in total. The molecule has 1 aromatic heterocycles. The number of carboxylic acid groups (broad SMARTS) is 1. The van der Waals surface area contributed by atoms with Gasteiger partial charge in [-0.05, 0) is 30.3 Å². The van der Waals surface area contributed by atoms with Gasteiger partial charge in [0.15, 0.2) is 0 Å². The van der Waals surface area contributed by atoms with E-state index in [1.165, 1.54) is 36.5 Å². The first-order chi connectivity index (χ1) is 10.0. The van der Waals surface area contributed by atoms with Crippen LogP contribution in [-0.4, -0.2) is 22.0 Å². The van der Waals surface area contributed by atoms with Crippen LogP contribution in [0.1, 0.15) is 26.4 Å². The Balaban J connectivity index is 2.21. The molecule has 0 radical (unpaired) electrons. The summed E-state index contributed by atoms with van der Waals surface area (Å²) in [5.74, 6) is -1.70. The zero-order chi connectivity index (χ0) is 15.4. The zero-order valence-electron chi connectivity index (χ0n) is 10.5. The molecule has 0 aliphatic carbocycles. The number of benzene rings is 1. The molecular weight excluding hydrogens is 294 g/mol. The van der Waals surface area contributed by atoms with Gasteiger partial charge in [0.2, 0.25) is 0 Å². The molecule has 104 valence electrons. The largest absolute Gasteiger partial charge is 0.478 e. The first-order valence-corrected chi connectivity index (χ1v) is 6.09. The van der Waals surface area contributed by atoms with E-state index in [0.29, 0.717) is 5.56 Å². The molecule has 0 fully saturated rings. The number of aromatic nitrogens is 1. The molecule has 0 aliphatic heterocycles. The van der Waals surface area contributed by atoms with Crippen molar-refractivity contribution in [2.24, 2.45) is 0 Å². The van der Waals surface area contributed by atoms with Gasteiger partial charge in [-0.3, -0.25) is 4.79 Å². The second-order valence-electron chi connectivity index (χ2n) is 4.00. The van der Waals surface area contributed by atoms with E-state index in [2.05, 4.69) is 10.3 Å². The van der Waals surface area contributed by atoms with Crippen molar-refractivity contribution >= 4 is 29.2 Å². The first-order valence-electron chi connectivity index (χ1n) is 5.71. The molecule has 2 aromatic rings. The van der Waals surface area contributed by atoms with Crippen LogP contribution < -0.4 is 5.32 Å². The Morgan fingerprint density at radius 3 is 2.62 bits per heavy atom. The van der Waals surface area contributed by atoms with Crippen molar-refractivity contribution in [3.05, 3.63) is 58.4 Å². The van der Waals surface area contributed by atoms with E-state index in [0.717, 1.165) is 0 Å². The fourth-order valence-corrected chi connectivity index (χ4v) is 1.75. The molecule has 2 N–H and O–H groups in total. The summed E-state index contributed by atoms with van der Waals surface area (Å²) in [6, 6.07) is 8.88. The molecule has 2 rings (SSSR count). The number of pyridine rings is 1. The van der Waals surface area contributed by atoms with E-state index < -0.39 is 11.9 Å². The molecule has 1 heterocycles. The van der Waals surface area contributed by atoms with Crippen molar-refractivity contribution in [2.75, 3.05) is 5.32 Å². The summed E-state index contributed by atoms with van der Waals surface area (Å²) < 4.78 is 0. The standard InChI is InChI=1S/C14H8ClN3O3/c15-11-3-2-9(5-10(11)14(20)21)18-13(19)12-4-1-8(6-16)7-17-12/h1-5,7H,(H,18,19)(H,20,21). The predicted octanol–water partition coefficient (Wildman–Crippen LogP) is 2.56. The van der Waals surface area contributed by atoms with Gasteiger partial charge in [0.25, 0.3) is 5.91 Å². The van der Waals surface area contributed by atoms with E-state index in [4.69, 9.17) is 22.0 Å². The van der Waals surface area contributed by atoms with Crippen molar-refractivity contribution in [2.45, 2.75) is 0 Å². The van der Waals surface area contributed by atoms with Crippen LogP contribution >= 0.6 is 11.6 Å². The maximum Gasteiger partial charge on any atom is 0.337 e. The highest BCUT2D eigenvalue weighted by atomic mass is 35.5. The van der Waals surface area contributed by atoms with E-state index in [1.807, 2.05) is 6.07 Å². The maximum atomic E-state index is 11.9. The van der Waals surface area contributed by atoms with Crippen LogP contribution in [0.15, 0.2) is 36.5 Å². The number of amides is 1. The van der Waals surface area contributed by atoms with Gasteiger partial charge in [-0.1, -0.05) is 11.6 Å². The zero-order valence-corrected chi connectivity index (χ0v) is 11.3. The summed E-state index contributed by atoms with van der Waals surface area (Å²) in [7, 11) is 0. The van der Waals surface area contributed by atoms with Gasteiger partial charge in [0.1, 0.15) is 11.8 Å². The summed E-state index contributed by atoms with van der Waals surface area (Å²) in [5, 5.41) is 20.2. The lowest BCUT2D eigenvalue weighted by Gasteiger charge is -2.06. The SMILES string of the molecule is N#Cc1ccc(C(=O)Nc2ccc(Cl)c(C(=O)O)c2)nc1. The van der Waals surface area contributed by atoms with Crippen molar-refractivity contribution < 1.29 is 14.7 Å². The molecule has 1 amide bonds. The number of carbonyl (C=O) groups is 2. The Kier molecular flexibility index (Phi) is 4.16. The lowest BCUT2D eigenvalue weighted by molar-refractivity contribution is 0.0696. The van der Waals surface area contributed by atoms with E-state index >= 15 is 0 Å². The number of carbonyl (C=O) groups excluding carboxylic acids is 1. The third kappa shape index (κ3) is 3.35. The van der Waals surface area contributed by atoms with Gasteiger partial charge in [-0.2, -0.15) is 5.26 Å². The average molecular weight is 302 g/mol. The number of rotatable bonds is 3. The second-order valence-corrected chi connectivity index (χ2v) is 4.41. The minimum Gasteiger partial charge on any atom is -0.478 e. The lowest BCUT2D eigenvalue weighted by Crippen LogP contribution is -2.14. The number of hydrogen-bond acceptors (Lipinski definition) is 4. The molecule has 21 heavy (non-hydrogen) atoms. The molecule has 0 bridgehead atoms. The minimum atomic E-state index is -1.19. The maximum absolute atomic E-state index is 11.9. The number of anilines is 1. The van der Waals surface area contributed by atoms with Gasteiger partial charge in [0.05, 0.1) is 16.1 Å². The summed E-state index contributed by atoms with van der Waals surface area (Å²) in [6.45, 7) is 0.